The van der Waals surface area contributed by atoms with E-state index in [1.807, 2.05) is 0 Å². The Morgan fingerprint density at radius 3 is 2.65 bits per heavy atom. The highest BCUT2D eigenvalue weighted by molar-refractivity contribution is 7.85. The molecule has 6 nitrogen and oxygen atoms in total. The molecule has 0 saturated carbocycles. The van der Waals surface area contributed by atoms with Crippen LogP contribution in [0, 0.1) is 5.82 Å². The van der Waals surface area contributed by atoms with Gasteiger partial charge in [0.2, 0.25) is 0 Å². The third-order valence-electron chi connectivity index (χ3n) is 1.82. The molecule has 0 fully saturated rings. The molecule has 17 heavy (non-hydrogen) atoms. The van der Waals surface area contributed by atoms with Crippen LogP contribution in [0.25, 0.3) is 0 Å². The summed E-state index contributed by atoms with van der Waals surface area (Å²) in [5, 5.41) is 8.31. The molecule has 0 saturated heterocycles. The first-order valence-corrected chi connectivity index (χ1v) is 6.27. The molecule has 0 heterocycles. The molecule has 0 bridgehead atoms. The van der Waals surface area contributed by atoms with Gasteiger partial charge in [0, 0.05) is 7.05 Å². The van der Waals surface area contributed by atoms with Crippen LogP contribution in [0.15, 0.2) is 34.6 Å². The summed E-state index contributed by atoms with van der Waals surface area (Å²) in [7, 11) is -2.84. The largest absolute Gasteiger partial charge is 0.748 e. The molecule has 0 N–H and O–H groups in total. The maximum absolute atomic E-state index is 13.1. The molecule has 1 aromatic carbocycles. The average Bonchev–Trinajstić information content (AvgIpc) is 2.24. The molecule has 0 aliphatic heterocycles. The second-order valence-electron chi connectivity index (χ2n) is 3.28. The van der Waals surface area contributed by atoms with Crippen molar-refractivity contribution in [3.05, 3.63) is 30.1 Å². The number of hydrogen-bond acceptors (Lipinski definition) is 5. The standard InChI is InChI=1S/C9H12FN3O3S/c1-13(6-7-17(14,15)16)12-11-9-5-3-2-4-8(9)10/h2-5H,6-7H2,1H3,(H,14,15,16)/p-1. The smallest absolute Gasteiger partial charge is 0.150 e. The zero-order chi connectivity index (χ0) is 12.9. The Morgan fingerprint density at radius 2 is 2.06 bits per heavy atom. The lowest BCUT2D eigenvalue weighted by molar-refractivity contribution is 0.345. The number of hydrogen-bond donors (Lipinski definition) is 0. The Balaban J connectivity index is 2.57. The second kappa shape index (κ2) is 5.69. The highest BCUT2D eigenvalue weighted by Gasteiger charge is 2.01. The molecule has 0 unspecified atom stereocenters. The van der Waals surface area contributed by atoms with E-state index in [1.165, 1.54) is 25.2 Å². The molecule has 1 aromatic rings. The number of nitrogens with zero attached hydrogens (tertiary/aromatic N) is 3. The zero-order valence-corrected chi connectivity index (χ0v) is 9.89. The topological polar surface area (TPSA) is 85.2 Å². The summed E-state index contributed by atoms with van der Waals surface area (Å²) in [6.07, 6.45) is 0. The van der Waals surface area contributed by atoms with Crippen molar-refractivity contribution in [2.75, 3.05) is 19.3 Å². The Hall–Kier alpha value is -1.54. The van der Waals surface area contributed by atoms with Crippen LogP contribution in [0.5, 0.6) is 0 Å². The SMILES string of the molecule is CN(CCS(=O)(=O)[O-])N=Nc1ccccc1F. The molecular formula is C9H11FN3O3S-. The number of rotatable bonds is 5. The normalized spacial score (nSPS) is 11.9. The first-order chi connectivity index (χ1) is 7.88. The van der Waals surface area contributed by atoms with E-state index in [-0.39, 0.29) is 12.2 Å². The fraction of sp³-hybridized carbons (Fsp3) is 0.333. The minimum absolute atomic E-state index is 0.0457. The fourth-order valence-corrected chi connectivity index (χ4v) is 1.43. The van der Waals surface area contributed by atoms with Gasteiger partial charge in [0.25, 0.3) is 0 Å². The van der Waals surface area contributed by atoms with E-state index >= 15 is 0 Å². The summed E-state index contributed by atoms with van der Waals surface area (Å²) in [5.41, 5.74) is 0.0457. The van der Waals surface area contributed by atoms with Gasteiger partial charge in [-0.05, 0) is 12.1 Å². The van der Waals surface area contributed by atoms with E-state index in [4.69, 9.17) is 0 Å². The van der Waals surface area contributed by atoms with Gasteiger partial charge >= 0.3 is 0 Å². The van der Waals surface area contributed by atoms with E-state index in [1.54, 1.807) is 6.07 Å². The quantitative estimate of drug-likeness (QED) is 0.453. The molecule has 0 aliphatic rings. The summed E-state index contributed by atoms with van der Waals surface area (Å²) in [5.74, 6) is -1.10. The first-order valence-electron chi connectivity index (χ1n) is 4.69. The van der Waals surface area contributed by atoms with E-state index in [0.717, 1.165) is 5.01 Å². The van der Waals surface area contributed by atoms with Crippen molar-refractivity contribution in [2.24, 2.45) is 10.3 Å². The van der Waals surface area contributed by atoms with Gasteiger partial charge in [-0.3, -0.25) is 5.01 Å². The Bertz CT molecular complexity index is 504. The van der Waals surface area contributed by atoms with E-state index in [0.29, 0.717) is 0 Å². The lowest BCUT2D eigenvalue weighted by Gasteiger charge is -2.12. The monoisotopic (exact) mass is 260 g/mol. The Kier molecular flexibility index (Phi) is 4.53. The molecular weight excluding hydrogens is 249 g/mol. The van der Waals surface area contributed by atoms with Crippen molar-refractivity contribution >= 4 is 15.8 Å². The molecule has 8 heteroatoms. The average molecular weight is 260 g/mol. The summed E-state index contributed by atoms with van der Waals surface area (Å²) in [6, 6.07) is 5.77. The van der Waals surface area contributed by atoms with Crippen LogP contribution < -0.4 is 0 Å². The maximum Gasteiger partial charge on any atom is 0.150 e. The van der Waals surface area contributed by atoms with E-state index in [9.17, 15) is 17.4 Å². The highest BCUT2D eigenvalue weighted by Crippen LogP contribution is 2.16. The number of halogens is 1. The van der Waals surface area contributed by atoms with Gasteiger partial charge in [-0.1, -0.05) is 17.4 Å². The predicted octanol–water partition coefficient (Wildman–Crippen LogP) is 1.30. The Morgan fingerprint density at radius 1 is 1.41 bits per heavy atom. The van der Waals surface area contributed by atoms with Gasteiger partial charge < -0.3 is 4.55 Å². The van der Waals surface area contributed by atoms with Crippen molar-refractivity contribution < 1.29 is 17.4 Å². The minimum Gasteiger partial charge on any atom is -0.748 e. The van der Waals surface area contributed by atoms with Crippen LogP contribution >= 0.6 is 0 Å². The van der Waals surface area contributed by atoms with Crippen LogP contribution in [0.4, 0.5) is 10.1 Å². The second-order valence-corrected chi connectivity index (χ2v) is 4.81. The van der Waals surface area contributed by atoms with Crippen LogP contribution in [-0.2, 0) is 10.1 Å². The summed E-state index contributed by atoms with van der Waals surface area (Å²) >= 11 is 0. The van der Waals surface area contributed by atoms with E-state index in [2.05, 4.69) is 10.3 Å². The summed E-state index contributed by atoms with van der Waals surface area (Å²) < 4.78 is 44.1. The van der Waals surface area contributed by atoms with Crippen molar-refractivity contribution in [1.29, 1.82) is 0 Å². The third kappa shape index (κ3) is 5.36. The Labute approximate surface area is 98.5 Å². The van der Waals surface area contributed by atoms with Gasteiger partial charge in [0.05, 0.1) is 22.4 Å². The number of benzene rings is 1. The van der Waals surface area contributed by atoms with Crippen molar-refractivity contribution in [3.8, 4) is 0 Å². The molecule has 0 aromatic heterocycles. The lowest BCUT2D eigenvalue weighted by atomic mass is 10.3. The summed E-state index contributed by atoms with van der Waals surface area (Å²) in [6.45, 7) is -0.0935. The van der Waals surface area contributed by atoms with Crippen molar-refractivity contribution in [2.45, 2.75) is 0 Å². The van der Waals surface area contributed by atoms with Gasteiger partial charge in [-0.15, -0.1) is 5.11 Å². The molecule has 94 valence electrons. The van der Waals surface area contributed by atoms with Crippen LogP contribution in [0.2, 0.25) is 0 Å². The molecule has 0 amide bonds. The van der Waals surface area contributed by atoms with Gasteiger partial charge in [-0.2, -0.15) is 0 Å². The van der Waals surface area contributed by atoms with Crippen LogP contribution in [0.1, 0.15) is 0 Å². The van der Waals surface area contributed by atoms with Gasteiger partial charge in [0.1, 0.15) is 5.69 Å². The van der Waals surface area contributed by atoms with E-state index < -0.39 is 21.7 Å². The predicted molar refractivity (Wildman–Crippen MR) is 58.1 cm³/mol. The maximum atomic E-state index is 13.1. The minimum atomic E-state index is -4.28. The van der Waals surface area contributed by atoms with Crippen molar-refractivity contribution in [3.63, 3.8) is 0 Å². The highest BCUT2D eigenvalue weighted by atomic mass is 32.2. The van der Waals surface area contributed by atoms with Crippen LogP contribution in [-0.4, -0.2) is 37.3 Å². The van der Waals surface area contributed by atoms with Gasteiger partial charge in [0.15, 0.2) is 5.82 Å². The van der Waals surface area contributed by atoms with Gasteiger partial charge in [-0.25, -0.2) is 12.8 Å². The van der Waals surface area contributed by atoms with Crippen LogP contribution in [0.3, 0.4) is 0 Å². The molecule has 1 rings (SSSR count). The first kappa shape index (κ1) is 13.5. The third-order valence-corrected chi connectivity index (χ3v) is 2.51. The molecule has 0 aliphatic carbocycles. The summed E-state index contributed by atoms with van der Waals surface area (Å²) in [4.78, 5) is 0. The van der Waals surface area contributed by atoms with Crippen molar-refractivity contribution in [1.82, 2.24) is 5.01 Å². The lowest BCUT2D eigenvalue weighted by Crippen LogP contribution is -2.20. The molecule has 0 radical (unpaired) electrons. The molecule has 0 atom stereocenters. The zero-order valence-electron chi connectivity index (χ0n) is 9.08. The fourth-order valence-electron chi connectivity index (χ4n) is 0.946. The molecule has 0 spiro atoms.